The molecule has 2 aromatic rings. The molecule has 3 rings (SSSR count). The molecule has 1 aliphatic carbocycles. The molecule has 1 aliphatic rings. The third-order valence-electron chi connectivity index (χ3n) is 5.15. The van der Waals surface area contributed by atoms with Gasteiger partial charge >= 0.3 is 5.97 Å². The SMILES string of the molecule is C[C@@H]1C[C@H](N(Cc2ccccc2)Cc2ccccc2)C[C@H]1C(=O)O. The van der Waals surface area contributed by atoms with Crippen molar-refractivity contribution in [2.24, 2.45) is 11.8 Å². The zero-order valence-corrected chi connectivity index (χ0v) is 14.1. The highest BCUT2D eigenvalue weighted by atomic mass is 16.4. The van der Waals surface area contributed by atoms with Crippen LogP contribution in [0.25, 0.3) is 0 Å². The summed E-state index contributed by atoms with van der Waals surface area (Å²) >= 11 is 0. The smallest absolute Gasteiger partial charge is 0.306 e. The standard InChI is InChI=1S/C21H25NO2/c1-16-12-19(13-20(16)21(23)24)22(14-17-8-4-2-5-9-17)15-18-10-6-3-7-11-18/h2-11,16,19-20H,12-15H2,1H3,(H,23,24)/t16-,19+,20-/m1/s1. The summed E-state index contributed by atoms with van der Waals surface area (Å²) in [7, 11) is 0. The van der Waals surface area contributed by atoms with Gasteiger partial charge in [0.1, 0.15) is 0 Å². The Balaban J connectivity index is 1.78. The maximum Gasteiger partial charge on any atom is 0.306 e. The third kappa shape index (κ3) is 4.04. The summed E-state index contributed by atoms with van der Waals surface area (Å²) in [6.07, 6.45) is 1.70. The van der Waals surface area contributed by atoms with E-state index in [-0.39, 0.29) is 11.8 Å². The van der Waals surface area contributed by atoms with Crippen molar-refractivity contribution in [2.45, 2.75) is 38.9 Å². The lowest BCUT2D eigenvalue weighted by Gasteiger charge is -2.29. The summed E-state index contributed by atoms with van der Waals surface area (Å²) in [6, 6.07) is 21.2. The van der Waals surface area contributed by atoms with Crippen molar-refractivity contribution in [3.8, 4) is 0 Å². The van der Waals surface area contributed by atoms with Crippen molar-refractivity contribution in [3.63, 3.8) is 0 Å². The van der Waals surface area contributed by atoms with Gasteiger partial charge in [-0.2, -0.15) is 0 Å². The molecule has 0 bridgehead atoms. The van der Waals surface area contributed by atoms with Crippen LogP contribution in [0.15, 0.2) is 60.7 Å². The van der Waals surface area contributed by atoms with Gasteiger partial charge in [0.25, 0.3) is 0 Å². The van der Waals surface area contributed by atoms with Crippen LogP contribution >= 0.6 is 0 Å². The summed E-state index contributed by atoms with van der Waals surface area (Å²) in [5.74, 6) is -0.630. The highest BCUT2D eigenvalue weighted by molar-refractivity contribution is 5.70. The summed E-state index contributed by atoms with van der Waals surface area (Å²) < 4.78 is 0. The Bertz CT molecular complexity index is 615. The molecule has 24 heavy (non-hydrogen) atoms. The van der Waals surface area contributed by atoms with Gasteiger partial charge in [0.2, 0.25) is 0 Å². The first-order chi connectivity index (χ1) is 11.6. The molecule has 3 atom stereocenters. The number of carboxylic acids is 1. The molecule has 3 nitrogen and oxygen atoms in total. The highest BCUT2D eigenvalue weighted by Gasteiger charge is 2.38. The monoisotopic (exact) mass is 323 g/mol. The van der Waals surface area contributed by atoms with Crippen molar-refractivity contribution in [2.75, 3.05) is 0 Å². The minimum absolute atomic E-state index is 0.218. The predicted octanol–water partition coefficient (Wildman–Crippen LogP) is 4.19. The largest absolute Gasteiger partial charge is 0.481 e. The van der Waals surface area contributed by atoms with Gasteiger partial charge in [-0.1, -0.05) is 67.6 Å². The van der Waals surface area contributed by atoms with Gasteiger partial charge in [-0.05, 0) is 29.9 Å². The normalized spacial score (nSPS) is 23.5. The van der Waals surface area contributed by atoms with Crippen molar-refractivity contribution in [1.29, 1.82) is 0 Å². The second-order valence-corrected chi connectivity index (χ2v) is 6.92. The molecule has 1 N–H and O–H groups in total. The molecular weight excluding hydrogens is 298 g/mol. The Labute approximate surface area is 143 Å². The van der Waals surface area contributed by atoms with Crippen LogP contribution in [-0.2, 0) is 17.9 Å². The number of rotatable bonds is 6. The number of carbonyl (C=O) groups is 1. The zero-order valence-electron chi connectivity index (χ0n) is 14.1. The van der Waals surface area contributed by atoms with Gasteiger partial charge in [-0.15, -0.1) is 0 Å². The molecule has 0 unspecified atom stereocenters. The van der Waals surface area contributed by atoms with E-state index in [1.807, 2.05) is 12.1 Å². The summed E-state index contributed by atoms with van der Waals surface area (Å²) in [6.45, 7) is 3.79. The predicted molar refractivity (Wildman–Crippen MR) is 95.4 cm³/mol. The molecule has 0 heterocycles. The molecular formula is C21H25NO2. The first-order valence-corrected chi connectivity index (χ1v) is 8.68. The molecule has 126 valence electrons. The molecule has 1 fully saturated rings. The van der Waals surface area contributed by atoms with Gasteiger partial charge in [-0.3, -0.25) is 9.69 Å². The molecule has 0 spiro atoms. The zero-order chi connectivity index (χ0) is 16.9. The van der Waals surface area contributed by atoms with Crippen molar-refractivity contribution in [3.05, 3.63) is 71.8 Å². The fourth-order valence-electron chi connectivity index (χ4n) is 3.81. The second-order valence-electron chi connectivity index (χ2n) is 6.92. The third-order valence-corrected chi connectivity index (χ3v) is 5.15. The van der Waals surface area contributed by atoms with E-state index in [0.29, 0.717) is 6.04 Å². The Morgan fingerprint density at radius 3 is 1.88 bits per heavy atom. The molecule has 2 aromatic carbocycles. The average molecular weight is 323 g/mol. The van der Waals surface area contributed by atoms with Crippen LogP contribution in [0.4, 0.5) is 0 Å². The molecule has 0 radical (unpaired) electrons. The van der Waals surface area contributed by atoms with Gasteiger partial charge in [-0.25, -0.2) is 0 Å². The fraction of sp³-hybridized carbons (Fsp3) is 0.381. The molecule has 0 aliphatic heterocycles. The number of hydrogen-bond donors (Lipinski definition) is 1. The Morgan fingerprint density at radius 2 is 1.46 bits per heavy atom. The van der Waals surface area contributed by atoms with Crippen LogP contribution < -0.4 is 0 Å². The molecule has 3 heteroatoms. The van der Waals surface area contributed by atoms with E-state index in [1.165, 1.54) is 11.1 Å². The van der Waals surface area contributed by atoms with Crippen LogP contribution in [0.3, 0.4) is 0 Å². The van der Waals surface area contributed by atoms with E-state index in [4.69, 9.17) is 0 Å². The van der Waals surface area contributed by atoms with E-state index < -0.39 is 5.97 Å². The van der Waals surface area contributed by atoms with E-state index in [1.54, 1.807) is 0 Å². The van der Waals surface area contributed by atoms with Gasteiger partial charge in [0.05, 0.1) is 5.92 Å². The molecule has 0 aromatic heterocycles. The number of benzene rings is 2. The minimum atomic E-state index is -0.649. The van der Waals surface area contributed by atoms with Crippen molar-refractivity contribution < 1.29 is 9.90 Å². The van der Waals surface area contributed by atoms with E-state index >= 15 is 0 Å². The summed E-state index contributed by atoms with van der Waals surface area (Å²) in [4.78, 5) is 13.9. The minimum Gasteiger partial charge on any atom is -0.481 e. The molecule has 1 saturated carbocycles. The van der Waals surface area contributed by atoms with E-state index in [0.717, 1.165) is 25.9 Å². The van der Waals surface area contributed by atoms with Crippen molar-refractivity contribution in [1.82, 2.24) is 4.90 Å². The van der Waals surface area contributed by atoms with E-state index in [9.17, 15) is 9.90 Å². The first-order valence-electron chi connectivity index (χ1n) is 8.68. The Morgan fingerprint density at radius 1 is 0.958 bits per heavy atom. The topological polar surface area (TPSA) is 40.5 Å². The molecule has 0 saturated heterocycles. The second kappa shape index (κ2) is 7.63. The van der Waals surface area contributed by atoms with Crippen LogP contribution in [0, 0.1) is 11.8 Å². The summed E-state index contributed by atoms with van der Waals surface area (Å²) in [5.41, 5.74) is 2.56. The Kier molecular flexibility index (Phi) is 5.31. The van der Waals surface area contributed by atoms with Gasteiger partial charge < -0.3 is 5.11 Å². The number of hydrogen-bond acceptors (Lipinski definition) is 2. The number of aliphatic carboxylic acids is 1. The highest BCUT2D eigenvalue weighted by Crippen LogP contribution is 2.36. The van der Waals surface area contributed by atoms with Crippen LogP contribution in [0.5, 0.6) is 0 Å². The maximum atomic E-state index is 11.5. The first kappa shape index (κ1) is 16.7. The number of nitrogens with zero attached hydrogens (tertiary/aromatic N) is 1. The van der Waals surface area contributed by atoms with Crippen LogP contribution in [-0.4, -0.2) is 22.0 Å². The fourth-order valence-corrected chi connectivity index (χ4v) is 3.81. The van der Waals surface area contributed by atoms with Gasteiger partial charge in [0, 0.05) is 19.1 Å². The lowest BCUT2D eigenvalue weighted by molar-refractivity contribution is -0.142. The Hall–Kier alpha value is -2.13. The van der Waals surface area contributed by atoms with E-state index in [2.05, 4.69) is 60.4 Å². The summed E-state index contributed by atoms with van der Waals surface area (Å²) in [5, 5.41) is 9.44. The van der Waals surface area contributed by atoms with Crippen molar-refractivity contribution >= 4 is 5.97 Å². The molecule has 0 amide bonds. The quantitative estimate of drug-likeness (QED) is 0.866. The van der Waals surface area contributed by atoms with Gasteiger partial charge in [0.15, 0.2) is 0 Å². The van der Waals surface area contributed by atoms with Crippen LogP contribution in [0.2, 0.25) is 0 Å². The maximum absolute atomic E-state index is 11.5. The lowest BCUT2D eigenvalue weighted by atomic mass is 9.99. The number of carboxylic acid groups (broad SMARTS) is 1. The lowest BCUT2D eigenvalue weighted by Crippen LogP contribution is -2.33. The average Bonchev–Trinajstić information content (AvgIpc) is 2.98. The van der Waals surface area contributed by atoms with Crippen LogP contribution in [0.1, 0.15) is 30.9 Å².